The zero-order valence-electron chi connectivity index (χ0n) is 9.77. The average Bonchev–Trinajstić information content (AvgIpc) is 2.41. The molecular formula is C13H10BrFN2OS. The van der Waals surface area contributed by atoms with Gasteiger partial charge < -0.3 is 5.32 Å². The lowest BCUT2D eigenvalue weighted by Crippen LogP contribution is -2.14. The molecule has 0 saturated carbocycles. The fourth-order valence-corrected chi connectivity index (χ4v) is 2.24. The lowest BCUT2D eigenvalue weighted by atomic mass is 10.4. The van der Waals surface area contributed by atoms with E-state index in [4.69, 9.17) is 0 Å². The predicted octanol–water partition coefficient (Wildman–Crippen LogP) is 3.71. The van der Waals surface area contributed by atoms with Crippen molar-refractivity contribution in [2.45, 2.75) is 4.90 Å². The molecule has 0 spiro atoms. The highest BCUT2D eigenvalue weighted by Crippen LogP contribution is 2.18. The third kappa shape index (κ3) is 4.65. The van der Waals surface area contributed by atoms with E-state index < -0.39 is 0 Å². The maximum absolute atomic E-state index is 12.7. The summed E-state index contributed by atoms with van der Waals surface area (Å²) in [5, 5.41) is 2.68. The van der Waals surface area contributed by atoms with E-state index in [1.165, 1.54) is 23.9 Å². The van der Waals surface area contributed by atoms with Crippen molar-refractivity contribution in [1.29, 1.82) is 0 Å². The van der Waals surface area contributed by atoms with Crippen LogP contribution >= 0.6 is 27.7 Å². The minimum Gasteiger partial charge on any atom is -0.310 e. The Morgan fingerprint density at radius 2 is 2.00 bits per heavy atom. The van der Waals surface area contributed by atoms with Gasteiger partial charge in [0.05, 0.1) is 5.75 Å². The van der Waals surface area contributed by atoms with Gasteiger partial charge >= 0.3 is 0 Å². The third-order valence-corrected chi connectivity index (χ3v) is 3.66. The summed E-state index contributed by atoms with van der Waals surface area (Å²) in [6.07, 6.45) is 1.61. The summed E-state index contributed by atoms with van der Waals surface area (Å²) in [4.78, 5) is 16.6. The number of nitrogens with one attached hydrogen (secondary N) is 1. The second kappa shape index (κ2) is 6.68. The van der Waals surface area contributed by atoms with E-state index in [2.05, 4.69) is 26.2 Å². The molecule has 2 aromatic rings. The van der Waals surface area contributed by atoms with Gasteiger partial charge in [-0.05, 0) is 52.3 Å². The fraction of sp³-hybridized carbons (Fsp3) is 0.0769. The second-order valence-electron chi connectivity index (χ2n) is 3.65. The number of amides is 1. The standard InChI is InChI=1S/C13H10BrFN2OS/c14-9-1-6-12(16-7-9)17-13(18)8-19-11-4-2-10(15)3-5-11/h1-7H,8H2,(H,16,17,18). The number of anilines is 1. The van der Waals surface area contributed by atoms with Gasteiger partial charge in [0.15, 0.2) is 0 Å². The summed E-state index contributed by atoms with van der Waals surface area (Å²) in [5.74, 6) is 0.327. The van der Waals surface area contributed by atoms with Crippen LogP contribution in [0.4, 0.5) is 10.2 Å². The summed E-state index contributed by atoms with van der Waals surface area (Å²) in [7, 11) is 0. The monoisotopic (exact) mass is 340 g/mol. The van der Waals surface area contributed by atoms with Crippen LogP contribution in [0.1, 0.15) is 0 Å². The molecule has 1 aromatic carbocycles. The summed E-state index contributed by atoms with van der Waals surface area (Å²) >= 11 is 4.61. The van der Waals surface area contributed by atoms with Gasteiger partial charge in [0.1, 0.15) is 11.6 Å². The van der Waals surface area contributed by atoms with Gasteiger partial charge in [0.2, 0.25) is 5.91 Å². The van der Waals surface area contributed by atoms with Crippen molar-refractivity contribution in [3.63, 3.8) is 0 Å². The maximum atomic E-state index is 12.7. The predicted molar refractivity (Wildman–Crippen MR) is 77.7 cm³/mol. The Kier molecular flexibility index (Phi) is 4.93. The Morgan fingerprint density at radius 3 is 2.63 bits per heavy atom. The van der Waals surface area contributed by atoms with Crippen LogP contribution in [0.5, 0.6) is 0 Å². The third-order valence-electron chi connectivity index (χ3n) is 2.18. The van der Waals surface area contributed by atoms with E-state index in [1.54, 1.807) is 30.5 Å². The zero-order valence-corrected chi connectivity index (χ0v) is 12.2. The molecule has 0 saturated heterocycles. The van der Waals surface area contributed by atoms with Crippen molar-refractivity contribution < 1.29 is 9.18 Å². The highest BCUT2D eigenvalue weighted by Gasteiger charge is 2.04. The van der Waals surface area contributed by atoms with Crippen molar-refractivity contribution in [2.75, 3.05) is 11.1 Å². The quantitative estimate of drug-likeness (QED) is 0.862. The molecule has 0 aliphatic rings. The van der Waals surface area contributed by atoms with Crippen LogP contribution in [0.2, 0.25) is 0 Å². The molecule has 0 radical (unpaired) electrons. The Morgan fingerprint density at radius 1 is 1.26 bits per heavy atom. The van der Waals surface area contributed by atoms with Gasteiger partial charge in [-0.15, -0.1) is 11.8 Å². The number of aromatic nitrogens is 1. The Bertz CT molecular complexity index is 560. The first kappa shape index (κ1) is 14.0. The number of nitrogens with zero attached hydrogens (tertiary/aromatic N) is 1. The van der Waals surface area contributed by atoms with Crippen molar-refractivity contribution in [2.24, 2.45) is 0 Å². The molecule has 1 heterocycles. The molecule has 3 nitrogen and oxygen atoms in total. The highest BCUT2D eigenvalue weighted by atomic mass is 79.9. The first-order chi connectivity index (χ1) is 9.13. The van der Waals surface area contributed by atoms with Crippen LogP contribution in [-0.2, 0) is 4.79 Å². The zero-order chi connectivity index (χ0) is 13.7. The molecule has 0 unspecified atom stereocenters. The molecule has 1 amide bonds. The molecule has 1 aromatic heterocycles. The number of thioether (sulfide) groups is 1. The molecule has 0 atom stereocenters. The number of rotatable bonds is 4. The largest absolute Gasteiger partial charge is 0.310 e. The smallest absolute Gasteiger partial charge is 0.235 e. The summed E-state index contributed by atoms with van der Waals surface area (Å²) in [6, 6.07) is 9.55. The van der Waals surface area contributed by atoms with Crippen LogP contribution in [0.15, 0.2) is 52.0 Å². The fourth-order valence-electron chi connectivity index (χ4n) is 1.31. The van der Waals surface area contributed by atoms with Gasteiger partial charge in [-0.25, -0.2) is 9.37 Å². The maximum Gasteiger partial charge on any atom is 0.235 e. The normalized spacial score (nSPS) is 10.2. The number of benzene rings is 1. The number of carbonyl (C=O) groups is 1. The van der Waals surface area contributed by atoms with Crippen LogP contribution in [-0.4, -0.2) is 16.6 Å². The molecule has 98 valence electrons. The number of hydrogen-bond donors (Lipinski definition) is 1. The molecule has 0 aliphatic carbocycles. The Balaban J connectivity index is 1.84. The SMILES string of the molecule is O=C(CSc1ccc(F)cc1)Nc1ccc(Br)cn1. The minimum absolute atomic E-state index is 0.149. The van der Waals surface area contributed by atoms with Crippen molar-refractivity contribution >= 4 is 39.4 Å². The Labute approximate surface area is 122 Å². The summed E-state index contributed by atoms with van der Waals surface area (Å²) < 4.78 is 13.6. The van der Waals surface area contributed by atoms with Crippen LogP contribution in [0, 0.1) is 5.82 Å². The number of carbonyl (C=O) groups excluding carboxylic acids is 1. The van der Waals surface area contributed by atoms with Crippen LogP contribution in [0.25, 0.3) is 0 Å². The van der Waals surface area contributed by atoms with Gasteiger partial charge in [-0.1, -0.05) is 0 Å². The minimum atomic E-state index is -0.284. The average molecular weight is 341 g/mol. The van der Waals surface area contributed by atoms with E-state index in [-0.39, 0.29) is 17.5 Å². The highest BCUT2D eigenvalue weighted by molar-refractivity contribution is 9.10. The molecule has 0 fully saturated rings. The van der Waals surface area contributed by atoms with Gasteiger partial charge in [0, 0.05) is 15.6 Å². The number of pyridine rings is 1. The lowest BCUT2D eigenvalue weighted by Gasteiger charge is -2.04. The van der Waals surface area contributed by atoms with Gasteiger partial charge in [0.25, 0.3) is 0 Å². The van der Waals surface area contributed by atoms with Gasteiger partial charge in [-0.2, -0.15) is 0 Å². The van der Waals surface area contributed by atoms with Crippen molar-refractivity contribution in [3.8, 4) is 0 Å². The van der Waals surface area contributed by atoms with Crippen LogP contribution < -0.4 is 5.32 Å². The molecule has 1 N–H and O–H groups in total. The van der Waals surface area contributed by atoms with Crippen molar-refractivity contribution in [1.82, 2.24) is 4.98 Å². The van der Waals surface area contributed by atoms with E-state index in [1.807, 2.05) is 0 Å². The molecule has 0 aliphatic heterocycles. The topological polar surface area (TPSA) is 42.0 Å². The van der Waals surface area contributed by atoms with Crippen LogP contribution in [0.3, 0.4) is 0 Å². The first-order valence-electron chi connectivity index (χ1n) is 5.43. The molecule has 2 rings (SSSR count). The van der Waals surface area contributed by atoms with Gasteiger partial charge in [-0.3, -0.25) is 4.79 Å². The molecular weight excluding hydrogens is 331 g/mol. The number of hydrogen-bond acceptors (Lipinski definition) is 3. The van der Waals surface area contributed by atoms with Crippen molar-refractivity contribution in [3.05, 3.63) is 52.9 Å². The lowest BCUT2D eigenvalue weighted by molar-refractivity contribution is -0.113. The number of halogens is 2. The summed E-state index contributed by atoms with van der Waals surface area (Å²) in [5.41, 5.74) is 0. The molecule has 0 bridgehead atoms. The van der Waals surface area contributed by atoms with E-state index >= 15 is 0 Å². The van der Waals surface area contributed by atoms with E-state index in [0.29, 0.717) is 5.82 Å². The second-order valence-corrected chi connectivity index (χ2v) is 5.62. The first-order valence-corrected chi connectivity index (χ1v) is 7.21. The summed E-state index contributed by atoms with van der Waals surface area (Å²) in [6.45, 7) is 0. The van der Waals surface area contributed by atoms with E-state index in [9.17, 15) is 9.18 Å². The molecule has 19 heavy (non-hydrogen) atoms. The van der Waals surface area contributed by atoms with E-state index in [0.717, 1.165) is 9.37 Å². The molecule has 6 heteroatoms. The Hall–Kier alpha value is -1.40.